The molecule has 0 aliphatic carbocycles. The third kappa shape index (κ3) is 9.59. The van der Waals surface area contributed by atoms with Crippen LogP contribution in [0.5, 0.6) is 0 Å². The fraction of sp³-hybridized carbons (Fsp3) is 0.0857. The standard InChI is InChI=1S/C70H62B2Ge2N2/c1-73(2,3)59-35-43-63(44-36-59)75(61-39-31-57(32-40-61)71(53-19-11-7-12-20-53)54-21-13-8-14-22-54)67-49-29-51-28-48-66-68(50-30-52-27-47-65(67)69(51)70(52)66)76(64-45-37-60(38-46-64)74(4,5)6)62-41-33-58(34-42-62)72(55-23-15-9-16-24-55)56-25-17-10-18-26-56/h7-50H,1-6H3. The van der Waals surface area contributed by atoms with Crippen LogP contribution in [0.4, 0.5) is 34.1 Å². The first-order valence-corrected chi connectivity index (χ1v) is 41.6. The van der Waals surface area contributed by atoms with Crippen LogP contribution in [0.2, 0.25) is 34.5 Å². The van der Waals surface area contributed by atoms with Crippen LogP contribution in [0.15, 0.2) is 267 Å². The first kappa shape index (κ1) is 49.4. The molecule has 366 valence electrons. The molecule has 0 unspecified atom stereocenters. The van der Waals surface area contributed by atoms with Crippen molar-refractivity contribution in [3.8, 4) is 0 Å². The SMILES string of the molecule is [CH3][Ge]([CH3])([CH3])[c]1ccc(N(c2ccc(B(c3ccccc3)c3ccccc3)cc2)c2ccc3ccc4c(N(c5ccc(B(c6ccccc6)c6ccccc6)cc5)c5cc[c]([Ge]([CH3])([CH3])[CH3])cc5)ccc5ccc2c3c54)cc1. The summed E-state index contributed by atoms with van der Waals surface area (Å²) < 4.78 is 3.00. The molecule has 12 aromatic carbocycles. The Morgan fingerprint density at radius 2 is 0.500 bits per heavy atom. The van der Waals surface area contributed by atoms with Gasteiger partial charge in [0.25, 0.3) is 0 Å². The fourth-order valence-corrected chi connectivity index (χ4v) is 16.5. The number of benzene rings is 12. The van der Waals surface area contributed by atoms with Gasteiger partial charge >= 0.3 is 386 Å². The third-order valence-corrected chi connectivity index (χ3v) is 24.3. The zero-order valence-corrected chi connectivity index (χ0v) is 48.6. The predicted molar refractivity (Wildman–Crippen MR) is 341 cm³/mol. The maximum atomic E-state index is 2.49. The van der Waals surface area contributed by atoms with Crippen LogP contribution in [-0.4, -0.2) is 40.0 Å². The average Bonchev–Trinajstić information content (AvgIpc) is 3.46. The minimum atomic E-state index is -2.11. The molecule has 0 aliphatic rings. The zero-order chi connectivity index (χ0) is 52.0. The summed E-state index contributed by atoms with van der Waals surface area (Å²) in [6.45, 7) is 0.228. The molecular weight excluding hydrogens is 1040 g/mol. The predicted octanol–water partition coefficient (Wildman–Crippen LogP) is 13.6. The first-order valence-electron chi connectivity index (χ1n) is 26.9. The summed E-state index contributed by atoms with van der Waals surface area (Å²) in [5.74, 6) is 14.9. The fourth-order valence-electron chi connectivity index (χ4n) is 11.6. The van der Waals surface area contributed by atoms with Gasteiger partial charge in [-0.1, -0.05) is 72.8 Å². The van der Waals surface area contributed by atoms with E-state index in [-0.39, 0.29) is 13.4 Å². The molecule has 0 fully saturated rings. The molecule has 6 heteroatoms. The Kier molecular flexibility index (Phi) is 13.4. The van der Waals surface area contributed by atoms with Crippen LogP contribution in [0.3, 0.4) is 0 Å². The third-order valence-electron chi connectivity index (χ3n) is 15.6. The van der Waals surface area contributed by atoms with Crippen molar-refractivity contribution in [2.24, 2.45) is 0 Å². The van der Waals surface area contributed by atoms with Crippen molar-refractivity contribution < 1.29 is 0 Å². The van der Waals surface area contributed by atoms with E-state index >= 15 is 0 Å². The van der Waals surface area contributed by atoms with Gasteiger partial charge in [0.05, 0.1) is 0 Å². The summed E-state index contributed by atoms with van der Waals surface area (Å²) in [5.41, 5.74) is 14.6. The Labute approximate surface area is 455 Å². The summed E-state index contributed by atoms with van der Waals surface area (Å²) in [4.78, 5) is 4.98. The Balaban J connectivity index is 1.02. The second kappa shape index (κ2) is 20.6. The van der Waals surface area contributed by atoms with Crippen molar-refractivity contribution in [3.05, 3.63) is 267 Å². The van der Waals surface area contributed by atoms with Crippen LogP contribution in [-0.2, 0) is 0 Å². The normalized spacial score (nSPS) is 11.8. The van der Waals surface area contributed by atoms with Crippen molar-refractivity contribution in [3.63, 3.8) is 0 Å². The van der Waals surface area contributed by atoms with Gasteiger partial charge < -0.3 is 0 Å². The van der Waals surface area contributed by atoms with Gasteiger partial charge in [0, 0.05) is 0 Å². The van der Waals surface area contributed by atoms with Gasteiger partial charge in [0.2, 0.25) is 0 Å². The van der Waals surface area contributed by atoms with Crippen LogP contribution >= 0.6 is 0 Å². The summed E-state index contributed by atoms with van der Waals surface area (Å²) in [7, 11) is 0. The summed E-state index contributed by atoms with van der Waals surface area (Å²) in [5, 5.41) is 7.49. The van der Waals surface area contributed by atoms with E-state index in [1.54, 1.807) is 0 Å². The molecule has 0 aromatic heterocycles. The molecule has 0 amide bonds. The number of nitrogens with zero attached hydrogens (tertiary/aromatic N) is 2. The van der Waals surface area contributed by atoms with Crippen molar-refractivity contribution >= 4 is 148 Å². The maximum absolute atomic E-state index is 2.49. The first-order chi connectivity index (χ1) is 37.0. The van der Waals surface area contributed by atoms with Crippen molar-refractivity contribution in [2.75, 3.05) is 9.80 Å². The monoisotopic (exact) mass is 1100 g/mol. The van der Waals surface area contributed by atoms with E-state index in [0.717, 1.165) is 34.1 Å². The molecule has 0 atom stereocenters. The van der Waals surface area contributed by atoms with Gasteiger partial charge in [-0.15, -0.1) is 0 Å². The van der Waals surface area contributed by atoms with Crippen LogP contribution in [0.25, 0.3) is 32.3 Å². The Bertz CT molecular complexity index is 3580. The number of hydrogen-bond donors (Lipinski definition) is 0. The topological polar surface area (TPSA) is 6.48 Å². The second-order valence-corrected chi connectivity index (χ2v) is 43.9. The molecule has 12 aromatic rings. The van der Waals surface area contributed by atoms with Crippen molar-refractivity contribution in [1.29, 1.82) is 0 Å². The summed E-state index contributed by atoms with van der Waals surface area (Å²) >= 11 is -4.22. The molecule has 0 N–H and O–H groups in total. The van der Waals surface area contributed by atoms with Crippen molar-refractivity contribution in [2.45, 2.75) is 34.5 Å². The van der Waals surface area contributed by atoms with E-state index in [1.807, 2.05) is 0 Å². The average molecular weight is 1100 g/mol. The molecule has 0 bridgehead atoms. The number of anilines is 6. The molecule has 76 heavy (non-hydrogen) atoms. The van der Waals surface area contributed by atoms with E-state index in [9.17, 15) is 0 Å². The Morgan fingerprint density at radius 1 is 0.250 bits per heavy atom. The summed E-state index contributed by atoms with van der Waals surface area (Å²) in [6.07, 6.45) is 0. The van der Waals surface area contributed by atoms with E-state index in [4.69, 9.17) is 0 Å². The molecule has 0 radical (unpaired) electrons. The van der Waals surface area contributed by atoms with E-state index in [0.29, 0.717) is 0 Å². The van der Waals surface area contributed by atoms with Gasteiger partial charge in [-0.2, -0.15) is 0 Å². The molecule has 0 spiro atoms. The zero-order valence-electron chi connectivity index (χ0n) is 44.5. The van der Waals surface area contributed by atoms with E-state index in [2.05, 4.69) is 311 Å². The van der Waals surface area contributed by atoms with Crippen LogP contribution < -0.4 is 51.4 Å². The molecule has 2 nitrogen and oxygen atoms in total. The Hall–Kier alpha value is -7.50. The van der Waals surface area contributed by atoms with Gasteiger partial charge in [0.15, 0.2) is 0 Å². The van der Waals surface area contributed by atoms with Crippen LogP contribution in [0.1, 0.15) is 0 Å². The van der Waals surface area contributed by atoms with Gasteiger partial charge in [-0.25, -0.2) is 0 Å². The molecular formula is C70H62B2Ge2N2. The molecule has 0 saturated carbocycles. The molecule has 12 rings (SSSR count). The molecule has 0 aliphatic heterocycles. The number of rotatable bonds is 14. The molecule has 0 heterocycles. The quantitative estimate of drug-likeness (QED) is 0.0791. The number of hydrogen-bond acceptors (Lipinski definition) is 2. The van der Waals surface area contributed by atoms with E-state index in [1.165, 1.54) is 73.9 Å². The minimum absolute atomic E-state index is 0.114. The molecule has 0 saturated heterocycles. The second-order valence-electron chi connectivity index (χ2n) is 22.5. The van der Waals surface area contributed by atoms with E-state index < -0.39 is 26.5 Å². The Morgan fingerprint density at radius 3 is 0.776 bits per heavy atom. The van der Waals surface area contributed by atoms with Gasteiger partial charge in [-0.05, 0) is 0 Å². The van der Waals surface area contributed by atoms with Crippen LogP contribution in [0, 0.1) is 0 Å². The van der Waals surface area contributed by atoms with Gasteiger partial charge in [-0.3, -0.25) is 0 Å². The van der Waals surface area contributed by atoms with Gasteiger partial charge in [0.1, 0.15) is 0 Å². The summed E-state index contributed by atoms with van der Waals surface area (Å²) in [6, 6.07) is 100. The van der Waals surface area contributed by atoms with Crippen molar-refractivity contribution in [1.82, 2.24) is 0 Å².